The summed E-state index contributed by atoms with van der Waals surface area (Å²) < 4.78 is 1.31. The first-order valence-corrected chi connectivity index (χ1v) is 15.5. The SMILES string of the molecule is Cc1ccc(SCc2ccccc2-c2cccc(-c3ccccc3CSc3ccc(C)cc3)c2I)cc1. The van der Waals surface area contributed by atoms with Crippen LogP contribution >= 0.6 is 46.1 Å². The highest BCUT2D eigenvalue weighted by atomic mass is 127. The molecule has 0 bridgehead atoms. The minimum Gasteiger partial charge on any atom is -0.121 e. The Morgan fingerprint density at radius 1 is 0.459 bits per heavy atom. The van der Waals surface area contributed by atoms with E-state index in [9.17, 15) is 0 Å². The third-order valence-electron chi connectivity index (χ3n) is 6.44. The number of aryl methyl sites for hydroxylation is 2. The molecule has 0 aliphatic carbocycles. The van der Waals surface area contributed by atoms with Crippen LogP contribution in [0.25, 0.3) is 22.3 Å². The first-order valence-electron chi connectivity index (χ1n) is 12.4. The van der Waals surface area contributed by atoms with Crippen molar-refractivity contribution < 1.29 is 0 Å². The molecule has 0 radical (unpaired) electrons. The summed E-state index contributed by atoms with van der Waals surface area (Å²) in [6, 6.07) is 42.1. The molecule has 0 spiro atoms. The molecule has 0 aromatic heterocycles. The van der Waals surface area contributed by atoms with Gasteiger partial charge in [-0.15, -0.1) is 23.5 Å². The van der Waals surface area contributed by atoms with E-state index in [1.165, 1.54) is 57.9 Å². The van der Waals surface area contributed by atoms with E-state index in [-0.39, 0.29) is 0 Å². The molecule has 0 unspecified atom stereocenters. The van der Waals surface area contributed by atoms with E-state index in [2.05, 4.69) is 152 Å². The molecule has 5 aromatic rings. The normalized spacial score (nSPS) is 11.0. The molecule has 0 fully saturated rings. The number of benzene rings is 5. The Labute approximate surface area is 243 Å². The van der Waals surface area contributed by atoms with Crippen molar-refractivity contribution in [1.29, 1.82) is 0 Å². The van der Waals surface area contributed by atoms with Gasteiger partial charge in [0, 0.05) is 24.9 Å². The average Bonchev–Trinajstić information content (AvgIpc) is 2.93. The van der Waals surface area contributed by atoms with Crippen molar-refractivity contribution in [2.75, 3.05) is 0 Å². The van der Waals surface area contributed by atoms with Crippen molar-refractivity contribution in [3.05, 3.63) is 141 Å². The van der Waals surface area contributed by atoms with Crippen molar-refractivity contribution in [2.24, 2.45) is 0 Å². The number of rotatable bonds is 8. The Bertz CT molecular complexity index is 1380. The Kier molecular flexibility index (Phi) is 8.75. The van der Waals surface area contributed by atoms with Crippen molar-refractivity contribution in [3.63, 3.8) is 0 Å². The molecular formula is C34H29IS2. The lowest BCUT2D eigenvalue weighted by Gasteiger charge is -2.16. The molecule has 37 heavy (non-hydrogen) atoms. The van der Waals surface area contributed by atoms with Crippen LogP contribution in [-0.4, -0.2) is 0 Å². The molecule has 0 nitrogen and oxygen atoms in total. The summed E-state index contributed by atoms with van der Waals surface area (Å²) in [4.78, 5) is 2.62. The highest BCUT2D eigenvalue weighted by Crippen LogP contribution is 2.39. The molecule has 0 aliphatic heterocycles. The Balaban J connectivity index is 1.43. The Morgan fingerprint density at radius 3 is 1.27 bits per heavy atom. The second-order valence-electron chi connectivity index (χ2n) is 9.18. The zero-order chi connectivity index (χ0) is 25.6. The summed E-state index contributed by atoms with van der Waals surface area (Å²) in [5.41, 5.74) is 10.6. The molecule has 3 heteroatoms. The van der Waals surface area contributed by atoms with E-state index in [1.54, 1.807) is 0 Å². The highest BCUT2D eigenvalue weighted by Gasteiger charge is 2.15. The summed E-state index contributed by atoms with van der Waals surface area (Å²) in [6.45, 7) is 4.27. The van der Waals surface area contributed by atoms with Gasteiger partial charge in [-0.3, -0.25) is 0 Å². The van der Waals surface area contributed by atoms with Gasteiger partial charge in [0.05, 0.1) is 0 Å². The number of halogens is 1. The van der Waals surface area contributed by atoms with Crippen LogP contribution in [-0.2, 0) is 11.5 Å². The number of thioether (sulfide) groups is 2. The van der Waals surface area contributed by atoms with Crippen molar-refractivity contribution in [1.82, 2.24) is 0 Å². The summed E-state index contributed by atoms with van der Waals surface area (Å²) in [7, 11) is 0. The predicted molar refractivity (Wildman–Crippen MR) is 172 cm³/mol. The Morgan fingerprint density at radius 2 is 0.838 bits per heavy atom. The molecule has 5 aromatic carbocycles. The molecule has 0 amide bonds. The third-order valence-corrected chi connectivity index (χ3v) is 9.73. The molecular weight excluding hydrogens is 599 g/mol. The topological polar surface area (TPSA) is 0 Å². The maximum Gasteiger partial charge on any atom is 0.0287 e. The van der Waals surface area contributed by atoms with E-state index in [1.807, 2.05) is 23.5 Å². The van der Waals surface area contributed by atoms with Crippen LogP contribution in [0.15, 0.2) is 125 Å². The van der Waals surface area contributed by atoms with Gasteiger partial charge in [-0.05, 0) is 94.1 Å². The second kappa shape index (κ2) is 12.4. The van der Waals surface area contributed by atoms with Crippen LogP contribution in [0.4, 0.5) is 0 Å². The molecule has 184 valence electrons. The highest BCUT2D eigenvalue weighted by molar-refractivity contribution is 14.1. The van der Waals surface area contributed by atoms with Crippen LogP contribution in [0.5, 0.6) is 0 Å². The van der Waals surface area contributed by atoms with Crippen LogP contribution in [0, 0.1) is 17.4 Å². The van der Waals surface area contributed by atoms with Gasteiger partial charge in [-0.2, -0.15) is 0 Å². The Hall–Kier alpha value is -2.47. The first-order chi connectivity index (χ1) is 18.1. The van der Waals surface area contributed by atoms with E-state index >= 15 is 0 Å². The maximum atomic E-state index is 2.55. The lowest BCUT2D eigenvalue weighted by molar-refractivity contribution is 1.34. The van der Waals surface area contributed by atoms with Crippen molar-refractivity contribution in [3.8, 4) is 22.3 Å². The van der Waals surface area contributed by atoms with Gasteiger partial charge in [-0.1, -0.05) is 102 Å². The molecule has 0 heterocycles. The van der Waals surface area contributed by atoms with E-state index < -0.39 is 0 Å². The average molecular weight is 629 g/mol. The summed E-state index contributed by atoms with van der Waals surface area (Å²) in [6.07, 6.45) is 0. The van der Waals surface area contributed by atoms with E-state index in [0.29, 0.717) is 0 Å². The molecule has 0 aliphatic rings. The van der Waals surface area contributed by atoms with Gasteiger partial charge in [0.2, 0.25) is 0 Å². The summed E-state index contributed by atoms with van der Waals surface area (Å²) in [5, 5.41) is 0. The predicted octanol–water partition coefficient (Wildman–Crippen LogP) is 10.8. The van der Waals surface area contributed by atoms with E-state index in [0.717, 1.165) is 11.5 Å². The number of hydrogen-bond donors (Lipinski definition) is 0. The largest absolute Gasteiger partial charge is 0.121 e. The molecule has 0 saturated heterocycles. The zero-order valence-corrected chi connectivity index (χ0v) is 24.9. The minimum absolute atomic E-state index is 0.948. The monoisotopic (exact) mass is 628 g/mol. The quantitative estimate of drug-likeness (QED) is 0.124. The molecule has 0 saturated carbocycles. The summed E-state index contributed by atoms with van der Waals surface area (Å²) in [5.74, 6) is 1.90. The van der Waals surface area contributed by atoms with Gasteiger partial charge in [0.25, 0.3) is 0 Å². The first kappa shape index (κ1) is 26.1. The van der Waals surface area contributed by atoms with E-state index in [4.69, 9.17) is 0 Å². The number of hydrogen-bond acceptors (Lipinski definition) is 2. The van der Waals surface area contributed by atoms with Crippen molar-refractivity contribution >= 4 is 46.1 Å². The lowest BCUT2D eigenvalue weighted by atomic mass is 9.94. The van der Waals surface area contributed by atoms with Gasteiger partial charge in [0.15, 0.2) is 0 Å². The van der Waals surface area contributed by atoms with Crippen molar-refractivity contribution in [2.45, 2.75) is 35.1 Å². The van der Waals surface area contributed by atoms with Gasteiger partial charge in [-0.25, -0.2) is 0 Å². The maximum absolute atomic E-state index is 2.55. The third kappa shape index (κ3) is 6.51. The minimum atomic E-state index is 0.948. The summed E-state index contributed by atoms with van der Waals surface area (Å²) >= 11 is 6.35. The molecule has 5 rings (SSSR count). The van der Waals surface area contributed by atoms with Crippen LogP contribution in [0.3, 0.4) is 0 Å². The fourth-order valence-electron chi connectivity index (χ4n) is 4.36. The van der Waals surface area contributed by atoms with Crippen LogP contribution < -0.4 is 0 Å². The van der Waals surface area contributed by atoms with Crippen LogP contribution in [0.2, 0.25) is 0 Å². The molecule has 0 N–H and O–H groups in total. The molecule has 0 atom stereocenters. The zero-order valence-electron chi connectivity index (χ0n) is 21.1. The van der Waals surface area contributed by atoms with Gasteiger partial charge in [0.1, 0.15) is 0 Å². The fraction of sp³-hybridized carbons (Fsp3) is 0.118. The smallest absolute Gasteiger partial charge is 0.0287 e. The van der Waals surface area contributed by atoms with Gasteiger partial charge >= 0.3 is 0 Å². The standard InChI is InChI=1S/C34H29IS2/c1-24-14-18-28(19-15-24)36-22-26-8-3-5-10-30(26)32-12-7-13-33(34(32)35)31-11-6-4-9-27(31)23-37-29-20-16-25(2)17-21-29/h3-21H,22-23H2,1-2H3. The van der Waals surface area contributed by atoms with Gasteiger partial charge < -0.3 is 0 Å². The van der Waals surface area contributed by atoms with Crippen LogP contribution in [0.1, 0.15) is 22.3 Å². The fourth-order valence-corrected chi connectivity index (χ4v) is 7.10. The lowest BCUT2D eigenvalue weighted by Crippen LogP contribution is -1.95. The second-order valence-corrected chi connectivity index (χ2v) is 12.4.